The van der Waals surface area contributed by atoms with Crippen LogP contribution < -0.4 is 5.73 Å². The van der Waals surface area contributed by atoms with Crippen LogP contribution in [-0.4, -0.2) is 5.78 Å². The Hall–Kier alpha value is -2.39. The van der Waals surface area contributed by atoms with Gasteiger partial charge in [-0.2, -0.15) is 0 Å². The number of benzene rings is 2. The van der Waals surface area contributed by atoms with E-state index in [0.717, 1.165) is 16.3 Å². The highest BCUT2D eigenvalue weighted by Gasteiger charge is 2.13. The van der Waals surface area contributed by atoms with Gasteiger partial charge in [0.15, 0.2) is 5.76 Å². The second kappa shape index (κ2) is 5.31. The maximum atomic E-state index is 12.3. The standard InChI is InChI=1S/C17H15NO2/c18-11-14-8-9-17(20-14)16(19)10-13-6-3-5-12-4-1-2-7-15(12)13/h1-9H,10-11,18H2. The molecule has 3 rings (SSSR count). The van der Waals surface area contributed by atoms with Crippen LogP contribution in [0.5, 0.6) is 0 Å². The normalized spacial score (nSPS) is 10.8. The summed E-state index contributed by atoms with van der Waals surface area (Å²) >= 11 is 0. The van der Waals surface area contributed by atoms with E-state index >= 15 is 0 Å². The zero-order chi connectivity index (χ0) is 13.9. The number of carbonyl (C=O) groups is 1. The number of hydrogen-bond acceptors (Lipinski definition) is 3. The third-order valence-corrected chi connectivity index (χ3v) is 3.37. The van der Waals surface area contributed by atoms with Gasteiger partial charge >= 0.3 is 0 Å². The number of hydrogen-bond donors (Lipinski definition) is 1. The van der Waals surface area contributed by atoms with Gasteiger partial charge in [-0.05, 0) is 28.5 Å². The highest BCUT2D eigenvalue weighted by molar-refractivity contribution is 5.98. The SMILES string of the molecule is NCc1ccc(C(=O)Cc2cccc3ccccc23)o1. The molecule has 0 bridgehead atoms. The number of furan rings is 1. The van der Waals surface area contributed by atoms with Crippen molar-refractivity contribution >= 4 is 16.6 Å². The number of rotatable bonds is 4. The molecule has 0 atom stereocenters. The second-order valence-corrected chi connectivity index (χ2v) is 4.71. The first kappa shape index (κ1) is 12.6. The Morgan fingerprint density at radius 1 is 1.00 bits per heavy atom. The molecular weight excluding hydrogens is 250 g/mol. The molecule has 3 heteroatoms. The molecule has 0 saturated heterocycles. The lowest BCUT2D eigenvalue weighted by Gasteiger charge is -2.04. The Balaban J connectivity index is 1.91. The number of carbonyl (C=O) groups excluding carboxylic acids is 1. The number of fused-ring (bicyclic) bond motifs is 1. The van der Waals surface area contributed by atoms with Crippen LogP contribution in [0.25, 0.3) is 10.8 Å². The van der Waals surface area contributed by atoms with Crippen LogP contribution >= 0.6 is 0 Å². The van der Waals surface area contributed by atoms with Gasteiger partial charge in [0.25, 0.3) is 0 Å². The molecule has 0 unspecified atom stereocenters. The van der Waals surface area contributed by atoms with Gasteiger partial charge in [-0.3, -0.25) is 4.79 Å². The van der Waals surface area contributed by atoms with Crippen LogP contribution in [-0.2, 0) is 13.0 Å². The van der Waals surface area contributed by atoms with Crippen molar-refractivity contribution in [1.82, 2.24) is 0 Å². The van der Waals surface area contributed by atoms with Crippen molar-refractivity contribution in [3.8, 4) is 0 Å². The van der Waals surface area contributed by atoms with Gasteiger partial charge in [0.2, 0.25) is 5.78 Å². The quantitative estimate of drug-likeness (QED) is 0.736. The maximum absolute atomic E-state index is 12.3. The molecule has 1 aromatic heterocycles. The number of Topliss-reactive ketones (excluding diaryl/α,β-unsaturated/α-hetero) is 1. The van der Waals surface area contributed by atoms with Gasteiger partial charge in [-0.25, -0.2) is 0 Å². The molecule has 0 saturated carbocycles. The first-order chi connectivity index (χ1) is 9.78. The summed E-state index contributed by atoms with van der Waals surface area (Å²) in [6, 6.07) is 17.5. The molecule has 3 aromatic rings. The molecule has 1 heterocycles. The predicted octanol–water partition coefficient (Wildman–Crippen LogP) is 3.32. The molecule has 2 N–H and O–H groups in total. The average Bonchev–Trinajstić information content (AvgIpc) is 2.97. The Kier molecular flexibility index (Phi) is 3.35. The monoisotopic (exact) mass is 265 g/mol. The summed E-state index contributed by atoms with van der Waals surface area (Å²) in [4.78, 5) is 12.3. The lowest BCUT2D eigenvalue weighted by atomic mass is 10.00. The molecular formula is C17H15NO2. The van der Waals surface area contributed by atoms with Crippen molar-refractivity contribution in [2.75, 3.05) is 0 Å². The Morgan fingerprint density at radius 3 is 2.60 bits per heavy atom. The summed E-state index contributed by atoms with van der Waals surface area (Å²) in [5, 5.41) is 2.24. The van der Waals surface area contributed by atoms with Gasteiger partial charge in [-0.15, -0.1) is 0 Å². The third-order valence-electron chi connectivity index (χ3n) is 3.37. The summed E-state index contributed by atoms with van der Waals surface area (Å²) in [6.07, 6.45) is 0.332. The van der Waals surface area contributed by atoms with E-state index in [4.69, 9.17) is 10.2 Å². The summed E-state index contributed by atoms with van der Waals surface area (Å²) in [5.74, 6) is 0.978. The molecule has 20 heavy (non-hydrogen) atoms. The summed E-state index contributed by atoms with van der Waals surface area (Å²) < 4.78 is 5.40. The molecule has 2 aromatic carbocycles. The average molecular weight is 265 g/mol. The van der Waals surface area contributed by atoms with E-state index in [2.05, 4.69) is 0 Å². The van der Waals surface area contributed by atoms with E-state index in [9.17, 15) is 4.79 Å². The molecule has 0 aliphatic rings. The van der Waals surface area contributed by atoms with Gasteiger partial charge in [-0.1, -0.05) is 42.5 Å². The molecule has 0 amide bonds. The topological polar surface area (TPSA) is 56.2 Å². The zero-order valence-corrected chi connectivity index (χ0v) is 11.0. The Labute approximate surface area is 117 Å². The van der Waals surface area contributed by atoms with E-state index in [0.29, 0.717) is 24.5 Å². The van der Waals surface area contributed by atoms with Gasteiger partial charge in [0, 0.05) is 6.42 Å². The molecule has 0 fully saturated rings. The van der Waals surface area contributed by atoms with Crippen LogP contribution in [0.2, 0.25) is 0 Å². The number of nitrogens with two attached hydrogens (primary N) is 1. The van der Waals surface area contributed by atoms with Crippen LogP contribution in [0, 0.1) is 0 Å². The lowest BCUT2D eigenvalue weighted by Crippen LogP contribution is -2.03. The van der Waals surface area contributed by atoms with Crippen molar-refractivity contribution in [2.24, 2.45) is 5.73 Å². The van der Waals surface area contributed by atoms with Crippen LogP contribution in [0.15, 0.2) is 59.0 Å². The fourth-order valence-corrected chi connectivity index (χ4v) is 2.34. The largest absolute Gasteiger partial charge is 0.457 e. The van der Waals surface area contributed by atoms with E-state index in [-0.39, 0.29) is 5.78 Å². The molecule has 0 aliphatic heterocycles. The van der Waals surface area contributed by atoms with Crippen LogP contribution in [0.1, 0.15) is 21.9 Å². The molecule has 0 aliphatic carbocycles. The zero-order valence-electron chi connectivity index (χ0n) is 11.0. The summed E-state index contributed by atoms with van der Waals surface area (Å²) in [5.41, 5.74) is 6.50. The van der Waals surface area contributed by atoms with Crippen molar-refractivity contribution in [1.29, 1.82) is 0 Å². The lowest BCUT2D eigenvalue weighted by molar-refractivity contribution is 0.0965. The minimum absolute atomic E-state index is 0.0268. The maximum Gasteiger partial charge on any atom is 0.202 e. The van der Waals surface area contributed by atoms with Crippen molar-refractivity contribution in [3.05, 3.63) is 71.7 Å². The Bertz CT molecular complexity index is 753. The van der Waals surface area contributed by atoms with Crippen LogP contribution in [0.3, 0.4) is 0 Å². The highest BCUT2D eigenvalue weighted by atomic mass is 16.3. The minimum Gasteiger partial charge on any atom is -0.457 e. The first-order valence-electron chi connectivity index (χ1n) is 6.56. The predicted molar refractivity (Wildman–Crippen MR) is 78.6 cm³/mol. The van der Waals surface area contributed by atoms with Gasteiger partial charge in [0.05, 0.1) is 6.54 Å². The highest BCUT2D eigenvalue weighted by Crippen LogP contribution is 2.20. The van der Waals surface area contributed by atoms with E-state index in [1.807, 2.05) is 42.5 Å². The van der Waals surface area contributed by atoms with E-state index in [1.54, 1.807) is 12.1 Å². The van der Waals surface area contributed by atoms with Crippen molar-refractivity contribution in [2.45, 2.75) is 13.0 Å². The number of ketones is 1. The summed E-state index contributed by atoms with van der Waals surface area (Å²) in [6.45, 7) is 0.307. The van der Waals surface area contributed by atoms with Gasteiger partial charge < -0.3 is 10.2 Å². The van der Waals surface area contributed by atoms with Crippen LogP contribution in [0.4, 0.5) is 0 Å². The fourth-order valence-electron chi connectivity index (χ4n) is 2.34. The van der Waals surface area contributed by atoms with E-state index in [1.165, 1.54) is 0 Å². The third kappa shape index (κ3) is 2.36. The second-order valence-electron chi connectivity index (χ2n) is 4.71. The van der Waals surface area contributed by atoms with Crippen molar-refractivity contribution < 1.29 is 9.21 Å². The summed E-state index contributed by atoms with van der Waals surface area (Å²) in [7, 11) is 0. The Morgan fingerprint density at radius 2 is 1.80 bits per heavy atom. The smallest absolute Gasteiger partial charge is 0.202 e. The van der Waals surface area contributed by atoms with E-state index < -0.39 is 0 Å². The fraction of sp³-hybridized carbons (Fsp3) is 0.118. The molecule has 3 nitrogen and oxygen atoms in total. The molecule has 100 valence electrons. The van der Waals surface area contributed by atoms with Crippen molar-refractivity contribution in [3.63, 3.8) is 0 Å². The first-order valence-corrected chi connectivity index (χ1v) is 6.56. The van der Waals surface area contributed by atoms with Gasteiger partial charge in [0.1, 0.15) is 5.76 Å². The molecule has 0 radical (unpaired) electrons. The minimum atomic E-state index is -0.0268. The molecule has 0 spiro atoms.